The summed E-state index contributed by atoms with van der Waals surface area (Å²) in [6.07, 6.45) is 3.28. The molecule has 4 rings (SSSR count). The Hall–Kier alpha value is -3.46. The van der Waals surface area contributed by atoms with Gasteiger partial charge in [-0.3, -0.25) is 9.59 Å². The molecule has 29 heavy (non-hydrogen) atoms. The largest absolute Gasteiger partial charge is 0.300 e. The standard InChI is InChI=1S/C20H14F2N4O2S/c21-14-6-5-12(17(22)8-14)7-15-10-23-20(29-15)25-18(27)11-26-19(28)16-4-2-1-3-13(16)9-24-26/h1-6,8-10H,7,11H2,(H,23,25,27). The molecule has 0 atom stereocenters. The van der Waals surface area contributed by atoms with Crippen molar-refractivity contribution < 1.29 is 13.6 Å². The number of carbonyl (C=O) groups excluding carboxylic acids is 1. The number of carbonyl (C=O) groups is 1. The van der Waals surface area contributed by atoms with Crippen molar-refractivity contribution in [3.63, 3.8) is 0 Å². The van der Waals surface area contributed by atoms with Crippen molar-refractivity contribution in [3.05, 3.63) is 87.3 Å². The summed E-state index contributed by atoms with van der Waals surface area (Å²) in [6, 6.07) is 10.4. The molecule has 4 aromatic rings. The second-order valence-corrected chi connectivity index (χ2v) is 7.40. The van der Waals surface area contributed by atoms with Crippen molar-refractivity contribution in [2.45, 2.75) is 13.0 Å². The minimum absolute atomic E-state index is 0.228. The molecule has 0 aliphatic rings. The van der Waals surface area contributed by atoms with E-state index in [1.54, 1.807) is 24.3 Å². The van der Waals surface area contributed by atoms with Gasteiger partial charge in [0.15, 0.2) is 5.13 Å². The van der Waals surface area contributed by atoms with Crippen LogP contribution in [0.15, 0.2) is 59.7 Å². The van der Waals surface area contributed by atoms with Crippen molar-refractivity contribution in [2.24, 2.45) is 0 Å². The summed E-state index contributed by atoms with van der Waals surface area (Å²) in [7, 11) is 0. The monoisotopic (exact) mass is 412 g/mol. The van der Waals surface area contributed by atoms with E-state index in [0.717, 1.165) is 10.7 Å². The van der Waals surface area contributed by atoms with Crippen LogP contribution in [0.2, 0.25) is 0 Å². The van der Waals surface area contributed by atoms with Gasteiger partial charge in [-0.25, -0.2) is 18.4 Å². The van der Waals surface area contributed by atoms with Crippen LogP contribution in [-0.4, -0.2) is 20.7 Å². The first kappa shape index (κ1) is 18.9. The number of nitrogens with one attached hydrogen (secondary N) is 1. The quantitative estimate of drug-likeness (QED) is 0.545. The maximum Gasteiger partial charge on any atom is 0.275 e. The molecule has 6 nitrogen and oxygen atoms in total. The van der Waals surface area contributed by atoms with Crippen LogP contribution in [0.1, 0.15) is 10.4 Å². The van der Waals surface area contributed by atoms with Gasteiger partial charge in [-0.15, -0.1) is 11.3 Å². The van der Waals surface area contributed by atoms with E-state index in [0.29, 0.717) is 26.3 Å². The summed E-state index contributed by atoms with van der Waals surface area (Å²) in [5.74, 6) is -1.73. The summed E-state index contributed by atoms with van der Waals surface area (Å²) in [4.78, 5) is 29.5. The van der Waals surface area contributed by atoms with E-state index < -0.39 is 17.5 Å². The fraction of sp³-hybridized carbons (Fsp3) is 0.100. The molecule has 2 aromatic heterocycles. The minimum atomic E-state index is -0.638. The molecule has 1 amide bonds. The Labute approximate surface area is 167 Å². The molecule has 0 radical (unpaired) electrons. The number of hydrogen-bond acceptors (Lipinski definition) is 5. The van der Waals surface area contributed by atoms with Crippen LogP contribution in [0.3, 0.4) is 0 Å². The zero-order valence-corrected chi connectivity index (χ0v) is 15.7. The summed E-state index contributed by atoms with van der Waals surface area (Å²) in [5.41, 5.74) is -0.0234. The van der Waals surface area contributed by atoms with Gasteiger partial charge in [-0.1, -0.05) is 24.3 Å². The lowest BCUT2D eigenvalue weighted by atomic mass is 10.1. The minimum Gasteiger partial charge on any atom is -0.300 e. The van der Waals surface area contributed by atoms with Crippen LogP contribution in [-0.2, 0) is 17.8 Å². The molecule has 2 aromatic carbocycles. The van der Waals surface area contributed by atoms with Crippen LogP contribution < -0.4 is 10.9 Å². The molecule has 146 valence electrons. The average molecular weight is 412 g/mol. The molecule has 0 aliphatic heterocycles. The molecule has 0 aliphatic carbocycles. The van der Waals surface area contributed by atoms with Crippen LogP contribution in [0.25, 0.3) is 10.8 Å². The number of benzene rings is 2. The first-order chi connectivity index (χ1) is 14.0. The summed E-state index contributed by atoms with van der Waals surface area (Å²) >= 11 is 1.17. The molecule has 2 heterocycles. The lowest BCUT2D eigenvalue weighted by Gasteiger charge is -2.05. The SMILES string of the molecule is O=C(Cn1ncc2ccccc2c1=O)Nc1ncc(Cc2ccc(F)cc2F)s1. The van der Waals surface area contributed by atoms with Crippen LogP contribution >= 0.6 is 11.3 Å². The van der Waals surface area contributed by atoms with E-state index in [9.17, 15) is 18.4 Å². The Kier molecular flexibility index (Phi) is 5.13. The molecular formula is C20H14F2N4O2S. The van der Waals surface area contributed by atoms with Gasteiger partial charge >= 0.3 is 0 Å². The zero-order chi connectivity index (χ0) is 20.4. The molecule has 0 bridgehead atoms. The summed E-state index contributed by atoms with van der Waals surface area (Å²) in [6.45, 7) is -0.259. The zero-order valence-electron chi connectivity index (χ0n) is 14.9. The number of aromatic nitrogens is 3. The van der Waals surface area contributed by atoms with Gasteiger partial charge < -0.3 is 5.32 Å². The predicted octanol–water partition coefficient (Wildman–Crippen LogP) is 3.36. The second kappa shape index (κ2) is 7.88. The lowest BCUT2D eigenvalue weighted by molar-refractivity contribution is -0.117. The maximum atomic E-state index is 13.8. The van der Waals surface area contributed by atoms with Gasteiger partial charge in [0, 0.05) is 28.9 Å². The maximum absolute atomic E-state index is 13.8. The van der Waals surface area contributed by atoms with Crippen molar-refractivity contribution in [1.82, 2.24) is 14.8 Å². The lowest BCUT2D eigenvalue weighted by Crippen LogP contribution is -2.29. The number of nitrogens with zero attached hydrogens (tertiary/aromatic N) is 3. The first-order valence-corrected chi connectivity index (χ1v) is 9.44. The number of rotatable bonds is 5. The Bertz CT molecular complexity index is 1270. The predicted molar refractivity (Wildman–Crippen MR) is 106 cm³/mol. The Morgan fingerprint density at radius 3 is 2.79 bits per heavy atom. The van der Waals surface area contributed by atoms with Crippen LogP contribution in [0.4, 0.5) is 13.9 Å². The molecule has 0 fully saturated rings. The first-order valence-electron chi connectivity index (χ1n) is 8.63. The Morgan fingerprint density at radius 2 is 1.97 bits per heavy atom. The smallest absolute Gasteiger partial charge is 0.275 e. The van der Waals surface area contributed by atoms with Crippen molar-refractivity contribution >= 4 is 33.1 Å². The highest BCUT2D eigenvalue weighted by atomic mass is 32.1. The number of hydrogen-bond donors (Lipinski definition) is 1. The third-order valence-electron chi connectivity index (χ3n) is 4.23. The van der Waals surface area contributed by atoms with Gasteiger partial charge in [0.25, 0.3) is 5.56 Å². The van der Waals surface area contributed by atoms with Gasteiger partial charge in [-0.05, 0) is 17.7 Å². The normalized spacial score (nSPS) is 11.0. The fourth-order valence-electron chi connectivity index (χ4n) is 2.83. The number of anilines is 1. The third kappa shape index (κ3) is 4.19. The fourth-order valence-corrected chi connectivity index (χ4v) is 3.69. The Balaban J connectivity index is 1.44. The second-order valence-electron chi connectivity index (χ2n) is 6.29. The molecule has 0 unspecified atom stereocenters. The molecule has 0 saturated heterocycles. The number of halogens is 2. The molecule has 0 saturated carbocycles. The van der Waals surface area contributed by atoms with Gasteiger partial charge in [-0.2, -0.15) is 5.10 Å². The van der Waals surface area contributed by atoms with E-state index in [4.69, 9.17) is 0 Å². The van der Waals surface area contributed by atoms with Gasteiger partial charge in [0.05, 0.1) is 11.6 Å². The van der Waals surface area contributed by atoms with E-state index in [2.05, 4.69) is 15.4 Å². The molecule has 9 heteroatoms. The molecule has 1 N–H and O–H groups in total. The van der Waals surface area contributed by atoms with Crippen molar-refractivity contribution in [1.29, 1.82) is 0 Å². The Morgan fingerprint density at radius 1 is 1.14 bits per heavy atom. The highest BCUT2D eigenvalue weighted by Gasteiger charge is 2.12. The van der Waals surface area contributed by atoms with Crippen LogP contribution in [0.5, 0.6) is 0 Å². The van der Waals surface area contributed by atoms with Gasteiger partial charge in [0.2, 0.25) is 5.91 Å². The molecule has 0 spiro atoms. The highest BCUT2D eigenvalue weighted by molar-refractivity contribution is 7.15. The van der Waals surface area contributed by atoms with Crippen molar-refractivity contribution in [3.8, 4) is 0 Å². The highest BCUT2D eigenvalue weighted by Crippen LogP contribution is 2.22. The van der Waals surface area contributed by atoms with E-state index in [-0.39, 0.29) is 18.5 Å². The van der Waals surface area contributed by atoms with Gasteiger partial charge in [0.1, 0.15) is 18.2 Å². The summed E-state index contributed by atoms with van der Waals surface area (Å²) in [5, 5.41) is 8.13. The van der Waals surface area contributed by atoms with Crippen LogP contribution in [0, 0.1) is 11.6 Å². The van der Waals surface area contributed by atoms with Crippen molar-refractivity contribution in [2.75, 3.05) is 5.32 Å². The number of amides is 1. The number of thiazole rings is 1. The van der Waals surface area contributed by atoms with E-state index in [1.165, 1.54) is 35.9 Å². The van der Waals surface area contributed by atoms with E-state index >= 15 is 0 Å². The molecular weight excluding hydrogens is 398 g/mol. The topological polar surface area (TPSA) is 76.9 Å². The summed E-state index contributed by atoms with van der Waals surface area (Å²) < 4.78 is 27.9. The van der Waals surface area contributed by atoms with E-state index in [1.807, 2.05) is 0 Å². The average Bonchev–Trinajstić information content (AvgIpc) is 3.13. The third-order valence-corrected chi connectivity index (χ3v) is 5.15. The number of fused-ring (bicyclic) bond motifs is 1.